The van der Waals surface area contributed by atoms with Crippen LogP contribution < -0.4 is 4.74 Å². The van der Waals surface area contributed by atoms with Crippen LogP contribution in [0.1, 0.15) is 5.56 Å². The maximum atomic E-state index is 9.92. The van der Waals surface area contributed by atoms with E-state index in [4.69, 9.17) is 4.74 Å². The monoisotopic (exact) mass is 189 g/mol. The summed E-state index contributed by atoms with van der Waals surface area (Å²) in [6.45, 7) is 0. The molecule has 1 aromatic rings. The predicted octanol–water partition coefficient (Wildman–Crippen LogP) is 1.83. The molecule has 0 heterocycles. The van der Waals surface area contributed by atoms with Crippen LogP contribution in [0.5, 0.6) is 5.75 Å². The van der Waals surface area contributed by atoms with Gasteiger partial charge in [-0.15, -0.1) is 0 Å². The van der Waals surface area contributed by atoms with Crippen LogP contribution in [0.2, 0.25) is 0 Å². The number of carbonyl (C=O) groups is 1. The second-order valence-corrected chi connectivity index (χ2v) is 2.53. The van der Waals surface area contributed by atoms with Crippen LogP contribution in [0.3, 0.4) is 0 Å². The summed E-state index contributed by atoms with van der Waals surface area (Å²) < 4.78 is 5.01. The van der Waals surface area contributed by atoms with E-state index in [1.807, 2.05) is 24.3 Å². The molecule has 3 heteroatoms. The molecule has 0 unspecified atom stereocenters. The van der Waals surface area contributed by atoms with Crippen molar-refractivity contribution in [2.45, 2.75) is 0 Å². The van der Waals surface area contributed by atoms with Crippen molar-refractivity contribution in [3.63, 3.8) is 0 Å². The van der Waals surface area contributed by atoms with Gasteiger partial charge in [0, 0.05) is 12.4 Å². The fraction of sp³-hybridized carbons (Fsp3) is 0.0909. The lowest BCUT2D eigenvalue weighted by Gasteiger charge is -1.97. The SMILES string of the molecule is COc1ccc(C=N/C=C/C=O)cc1. The molecule has 0 N–H and O–H groups in total. The number of benzene rings is 1. The molecule has 0 aliphatic rings. The van der Waals surface area contributed by atoms with Gasteiger partial charge in [0.25, 0.3) is 0 Å². The van der Waals surface area contributed by atoms with E-state index in [0.29, 0.717) is 6.29 Å². The summed E-state index contributed by atoms with van der Waals surface area (Å²) in [6.07, 6.45) is 5.13. The van der Waals surface area contributed by atoms with E-state index in [2.05, 4.69) is 4.99 Å². The van der Waals surface area contributed by atoms with Crippen molar-refractivity contribution < 1.29 is 9.53 Å². The van der Waals surface area contributed by atoms with E-state index in [0.717, 1.165) is 11.3 Å². The molecule has 0 atom stereocenters. The molecule has 0 spiro atoms. The molecular formula is C11H11NO2. The molecule has 0 saturated heterocycles. The summed E-state index contributed by atoms with van der Waals surface area (Å²) >= 11 is 0. The lowest BCUT2D eigenvalue weighted by atomic mass is 10.2. The highest BCUT2D eigenvalue weighted by atomic mass is 16.5. The standard InChI is InChI=1S/C11H11NO2/c1-14-11-5-3-10(4-6-11)9-12-7-2-8-13/h2-9H,1H3/b7-2+,12-9?. The van der Waals surface area contributed by atoms with Crippen molar-refractivity contribution in [2.24, 2.45) is 4.99 Å². The lowest BCUT2D eigenvalue weighted by molar-refractivity contribution is -0.104. The van der Waals surface area contributed by atoms with Gasteiger partial charge in [-0.2, -0.15) is 0 Å². The average Bonchev–Trinajstić information content (AvgIpc) is 2.25. The number of ether oxygens (including phenoxy) is 1. The Labute approximate surface area is 82.7 Å². The average molecular weight is 189 g/mol. The highest BCUT2D eigenvalue weighted by Gasteiger charge is 1.89. The van der Waals surface area contributed by atoms with Gasteiger partial charge in [-0.1, -0.05) is 0 Å². The topological polar surface area (TPSA) is 38.7 Å². The Morgan fingerprint density at radius 1 is 1.29 bits per heavy atom. The fourth-order valence-electron chi connectivity index (χ4n) is 0.904. The Bertz CT molecular complexity index is 339. The van der Waals surface area contributed by atoms with Crippen LogP contribution in [0.4, 0.5) is 0 Å². The van der Waals surface area contributed by atoms with Crippen LogP contribution >= 0.6 is 0 Å². The first-order chi connectivity index (χ1) is 6.86. The van der Waals surface area contributed by atoms with E-state index >= 15 is 0 Å². The zero-order chi connectivity index (χ0) is 10.2. The highest BCUT2D eigenvalue weighted by Crippen LogP contribution is 2.09. The molecule has 0 aliphatic heterocycles. The summed E-state index contributed by atoms with van der Waals surface area (Å²) in [5.74, 6) is 0.811. The van der Waals surface area contributed by atoms with Gasteiger partial charge in [-0.05, 0) is 35.9 Å². The molecular weight excluding hydrogens is 178 g/mol. The molecule has 72 valence electrons. The van der Waals surface area contributed by atoms with Crippen LogP contribution in [0.25, 0.3) is 0 Å². The number of hydrogen-bond acceptors (Lipinski definition) is 3. The molecule has 0 radical (unpaired) electrons. The molecule has 0 aliphatic carbocycles. The largest absolute Gasteiger partial charge is 0.497 e. The smallest absolute Gasteiger partial charge is 0.144 e. The minimum Gasteiger partial charge on any atom is -0.497 e. The third-order valence-corrected chi connectivity index (χ3v) is 1.59. The number of methoxy groups -OCH3 is 1. The summed E-state index contributed by atoms with van der Waals surface area (Å²) in [5.41, 5.74) is 0.960. The second kappa shape index (κ2) is 5.70. The van der Waals surface area contributed by atoms with Gasteiger partial charge < -0.3 is 4.74 Å². The Balaban J connectivity index is 2.63. The minimum absolute atomic E-state index is 0.686. The number of carbonyl (C=O) groups excluding carboxylic acids is 1. The van der Waals surface area contributed by atoms with E-state index in [9.17, 15) is 4.79 Å². The van der Waals surface area contributed by atoms with Crippen molar-refractivity contribution in [1.29, 1.82) is 0 Å². The quantitative estimate of drug-likeness (QED) is 0.411. The number of nitrogens with zero attached hydrogens (tertiary/aromatic N) is 1. The summed E-state index contributed by atoms with van der Waals surface area (Å²) in [7, 11) is 1.62. The maximum absolute atomic E-state index is 9.92. The molecule has 0 saturated carbocycles. The van der Waals surface area contributed by atoms with Crippen LogP contribution in [0, 0.1) is 0 Å². The van der Waals surface area contributed by atoms with Crippen LogP contribution in [-0.4, -0.2) is 19.6 Å². The van der Waals surface area contributed by atoms with Gasteiger partial charge in [0.2, 0.25) is 0 Å². The molecule has 0 aromatic heterocycles. The van der Waals surface area contributed by atoms with Gasteiger partial charge >= 0.3 is 0 Å². The minimum atomic E-state index is 0.686. The molecule has 3 nitrogen and oxygen atoms in total. The first kappa shape index (κ1) is 10.2. The van der Waals surface area contributed by atoms with Crippen molar-refractivity contribution in [3.8, 4) is 5.75 Å². The normalized spacial score (nSPS) is 10.9. The Hall–Kier alpha value is -1.90. The number of hydrogen-bond donors (Lipinski definition) is 0. The summed E-state index contributed by atoms with van der Waals surface area (Å²) in [6, 6.07) is 7.48. The van der Waals surface area contributed by atoms with Gasteiger partial charge in [-0.25, -0.2) is 0 Å². The third-order valence-electron chi connectivity index (χ3n) is 1.59. The number of rotatable bonds is 4. The zero-order valence-electron chi connectivity index (χ0n) is 7.88. The van der Waals surface area contributed by atoms with E-state index in [1.54, 1.807) is 13.3 Å². The van der Waals surface area contributed by atoms with Crippen LogP contribution in [-0.2, 0) is 4.79 Å². The van der Waals surface area contributed by atoms with E-state index < -0.39 is 0 Å². The molecule has 0 bridgehead atoms. The number of aliphatic imine (C=N–C) groups is 1. The third kappa shape index (κ3) is 3.23. The van der Waals surface area contributed by atoms with Crippen molar-refractivity contribution in [1.82, 2.24) is 0 Å². The number of allylic oxidation sites excluding steroid dienone is 1. The highest BCUT2D eigenvalue weighted by molar-refractivity contribution is 5.80. The summed E-state index contributed by atoms with van der Waals surface area (Å²) in [4.78, 5) is 13.8. The molecule has 14 heavy (non-hydrogen) atoms. The fourth-order valence-corrected chi connectivity index (χ4v) is 0.904. The second-order valence-electron chi connectivity index (χ2n) is 2.53. The Kier molecular flexibility index (Phi) is 4.14. The van der Waals surface area contributed by atoms with Gasteiger partial charge in [0.1, 0.15) is 12.0 Å². The summed E-state index contributed by atoms with van der Waals surface area (Å²) in [5, 5.41) is 0. The van der Waals surface area contributed by atoms with Crippen LogP contribution in [0.15, 0.2) is 41.5 Å². The van der Waals surface area contributed by atoms with Gasteiger partial charge in [0.05, 0.1) is 7.11 Å². The maximum Gasteiger partial charge on any atom is 0.144 e. The Morgan fingerprint density at radius 3 is 2.57 bits per heavy atom. The van der Waals surface area contributed by atoms with Crippen molar-refractivity contribution in [2.75, 3.05) is 7.11 Å². The lowest BCUT2D eigenvalue weighted by Crippen LogP contribution is -1.83. The molecule has 1 aromatic carbocycles. The molecule has 0 amide bonds. The Morgan fingerprint density at radius 2 is 2.00 bits per heavy atom. The first-order valence-corrected chi connectivity index (χ1v) is 4.14. The van der Waals surface area contributed by atoms with Gasteiger partial charge in [-0.3, -0.25) is 9.79 Å². The molecule has 1 rings (SSSR count). The van der Waals surface area contributed by atoms with Crippen molar-refractivity contribution in [3.05, 3.63) is 42.1 Å². The zero-order valence-corrected chi connectivity index (χ0v) is 7.88. The van der Waals surface area contributed by atoms with E-state index in [1.165, 1.54) is 12.3 Å². The number of aldehydes is 1. The van der Waals surface area contributed by atoms with E-state index in [-0.39, 0.29) is 0 Å². The molecule has 0 fully saturated rings. The predicted molar refractivity (Wildman–Crippen MR) is 55.8 cm³/mol. The van der Waals surface area contributed by atoms with Gasteiger partial charge in [0.15, 0.2) is 0 Å². The van der Waals surface area contributed by atoms with Crippen molar-refractivity contribution >= 4 is 12.5 Å². The first-order valence-electron chi connectivity index (χ1n) is 4.14.